The zero-order valence-corrected chi connectivity index (χ0v) is 10.6. The minimum Gasteiger partial charge on any atom is -0.494 e. The number of hydrogen-bond donors (Lipinski definition) is 0. The first-order valence-electron chi connectivity index (χ1n) is 5.75. The smallest absolute Gasteiger partial charge is 0.246 e. The molecule has 0 unspecified atom stereocenters. The van der Waals surface area contributed by atoms with Crippen molar-refractivity contribution in [2.24, 2.45) is 0 Å². The van der Waals surface area contributed by atoms with Gasteiger partial charge in [-0.05, 0) is 30.2 Å². The summed E-state index contributed by atoms with van der Waals surface area (Å²) in [5, 5.41) is 0. The predicted octanol–water partition coefficient (Wildman–Crippen LogP) is 2.58. The van der Waals surface area contributed by atoms with Crippen molar-refractivity contribution in [3.05, 3.63) is 35.9 Å². The molecule has 0 fully saturated rings. The van der Waals surface area contributed by atoms with Crippen LogP contribution in [0.25, 0.3) is 6.08 Å². The van der Waals surface area contributed by atoms with Crippen LogP contribution in [0.2, 0.25) is 0 Å². The highest BCUT2D eigenvalue weighted by atomic mass is 16.5. The number of rotatable bonds is 5. The summed E-state index contributed by atoms with van der Waals surface area (Å²) < 4.78 is 5.47. The van der Waals surface area contributed by atoms with E-state index >= 15 is 0 Å². The van der Waals surface area contributed by atoms with Crippen LogP contribution in [-0.2, 0) is 4.79 Å². The monoisotopic (exact) mass is 233 g/mol. The minimum atomic E-state index is -0.0173. The quantitative estimate of drug-likeness (QED) is 0.731. The van der Waals surface area contributed by atoms with E-state index in [4.69, 9.17) is 4.74 Å². The van der Waals surface area contributed by atoms with Crippen molar-refractivity contribution in [3.63, 3.8) is 0 Å². The maximum absolute atomic E-state index is 11.3. The Morgan fingerprint density at radius 2 is 1.94 bits per heavy atom. The van der Waals surface area contributed by atoms with Crippen LogP contribution in [0.3, 0.4) is 0 Å². The van der Waals surface area contributed by atoms with Gasteiger partial charge in [0.15, 0.2) is 0 Å². The molecule has 0 saturated carbocycles. The number of amides is 1. The van der Waals surface area contributed by atoms with Gasteiger partial charge in [-0.3, -0.25) is 4.79 Å². The van der Waals surface area contributed by atoms with Crippen LogP contribution in [0.5, 0.6) is 5.75 Å². The molecule has 0 aliphatic rings. The molecule has 0 atom stereocenters. The number of carbonyl (C=O) groups excluding carboxylic acids is 1. The molecule has 0 saturated heterocycles. The van der Waals surface area contributed by atoms with Crippen LogP contribution in [0.1, 0.15) is 18.9 Å². The van der Waals surface area contributed by atoms with E-state index in [1.807, 2.05) is 24.3 Å². The Bertz CT molecular complexity index is 380. The predicted molar refractivity (Wildman–Crippen MR) is 70.0 cm³/mol. The van der Waals surface area contributed by atoms with E-state index in [9.17, 15) is 4.79 Å². The van der Waals surface area contributed by atoms with Gasteiger partial charge in [-0.15, -0.1) is 0 Å². The number of carbonyl (C=O) groups is 1. The highest BCUT2D eigenvalue weighted by molar-refractivity contribution is 5.91. The second kappa shape index (κ2) is 6.74. The Balaban J connectivity index is 2.59. The third-order valence-electron chi connectivity index (χ3n) is 2.21. The summed E-state index contributed by atoms with van der Waals surface area (Å²) in [6.07, 6.45) is 4.35. The zero-order chi connectivity index (χ0) is 12.7. The van der Waals surface area contributed by atoms with Gasteiger partial charge in [0.25, 0.3) is 0 Å². The SMILES string of the molecule is CCCOc1ccc(/C=C/C(=O)N(C)C)cc1. The molecular weight excluding hydrogens is 214 g/mol. The van der Waals surface area contributed by atoms with Gasteiger partial charge in [-0.2, -0.15) is 0 Å². The first kappa shape index (κ1) is 13.3. The van der Waals surface area contributed by atoms with Gasteiger partial charge in [0.05, 0.1) is 6.61 Å². The molecule has 0 bridgehead atoms. The minimum absolute atomic E-state index is 0.0173. The second-order valence-corrected chi connectivity index (χ2v) is 3.98. The van der Waals surface area contributed by atoms with Gasteiger partial charge < -0.3 is 9.64 Å². The molecule has 17 heavy (non-hydrogen) atoms. The van der Waals surface area contributed by atoms with Gasteiger partial charge >= 0.3 is 0 Å². The van der Waals surface area contributed by atoms with Crippen molar-refractivity contribution in [1.82, 2.24) is 4.90 Å². The normalized spacial score (nSPS) is 10.5. The maximum atomic E-state index is 11.3. The molecule has 1 aromatic rings. The first-order valence-corrected chi connectivity index (χ1v) is 5.75. The van der Waals surface area contributed by atoms with Crippen LogP contribution >= 0.6 is 0 Å². The Morgan fingerprint density at radius 3 is 2.47 bits per heavy atom. The molecule has 0 N–H and O–H groups in total. The first-order chi connectivity index (χ1) is 8.13. The zero-order valence-electron chi connectivity index (χ0n) is 10.6. The molecule has 0 spiro atoms. The fourth-order valence-electron chi connectivity index (χ4n) is 1.21. The van der Waals surface area contributed by atoms with E-state index in [0.717, 1.165) is 24.3 Å². The molecule has 1 rings (SSSR count). The van der Waals surface area contributed by atoms with Gasteiger partial charge in [0.2, 0.25) is 5.91 Å². The van der Waals surface area contributed by atoms with Crippen LogP contribution in [0, 0.1) is 0 Å². The van der Waals surface area contributed by atoms with Gasteiger partial charge in [0, 0.05) is 20.2 Å². The molecule has 3 nitrogen and oxygen atoms in total. The van der Waals surface area contributed by atoms with Crippen molar-refractivity contribution in [2.75, 3.05) is 20.7 Å². The highest BCUT2D eigenvalue weighted by Crippen LogP contribution is 2.13. The summed E-state index contributed by atoms with van der Waals surface area (Å²) in [5.41, 5.74) is 0.990. The third-order valence-corrected chi connectivity index (χ3v) is 2.21. The van der Waals surface area contributed by atoms with Crippen LogP contribution < -0.4 is 4.74 Å². The Kier molecular flexibility index (Phi) is 5.27. The van der Waals surface area contributed by atoms with Gasteiger partial charge in [0.1, 0.15) is 5.75 Å². The topological polar surface area (TPSA) is 29.5 Å². The summed E-state index contributed by atoms with van der Waals surface area (Å²) in [5.74, 6) is 0.847. The summed E-state index contributed by atoms with van der Waals surface area (Å²) in [6, 6.07) is 7.69. The van der Waals surface area contributed by atoms with Crippen molar-refractivity contribution in [3.8, 4) is 5.75 Å². The van der Waals surface area contributed by atoms with Crippen molar-refractivity contribution in [2.45, 2.75) is 13.3 Å². The highest BCUT2D eigenvalue weighted by Gasteiger charge is 1.97. The van der Waals surface area contributed by atoms with E-state index in [-0.39, 0.29) is 5.91 Å². The molecule has 3 heteroatoms. The number of hydrogen-bond acceptors (Lipinski definition) is 2. The van der Waals surface area contributed by atoms with Crippen LogP contribution in [-0.4, -0.2) is 31.5 Å². The Hall–Kier alpha value is -1.77. The molecule has 92 valence electrons. The molecular formula is C14H19NO2. The Morgan fingerprint density at radius 1 is 1.29 bits per heavy atom. The summed E-state index contributed by atoms with van der Waals surface area (Å²) >= 11 is 0. The lowest BCUT2D eigenvalue weighted by Crippen LogP contribution is -2.18. The number of ether oxygens (including phenoxy) is 1. The molecule has 0 aromatic heterocycles. The molecule has 0 heterocycles. The third kappa shape index (κ3) is 4.72. The molecule has 0 radical (unpaired) electrons. The number of likely N-dealkylation sites (N-methyl/N-ethyl adjacent to an activating group) is 1. The maximum Gasteiger partial charge on any atom is 0.246 e. The lowest BCUT2D eigenvalue weighted by atomic mass is 10.2. The van der Waals surface area contributed by atoms with Gasteiger partial charge in [-0.25, -0.2) is 0 Å². The van der Waals surface area contributed by atoms with E-state index in [2.05, 4.69) is 6.92 Å². The Labute approximate surface area is 103 Å². The lowest BCUT2D eigenvalue weighted by Gasteiger charge is -2.06. The second-order valence-electron chi connectivity index (χ2n) is 3.98. The summed E-state index contributed by atoms with van der Waals surface area (Å²) in [7, 11) is 3.46. The van der Waals surface area contributed by atoms with Crippen molar-refractivity contribution >= 4 is 12.0 Å². The molecule has 1 amide bonds. The number of nitrogens with zero attached hydrogens (tertiary/aromatic N) is 1. The summed E-state index contributed by atoms with van der Waals surface area (Å²) in [4.78, 5) is 12.9. The van der Waals surface area contributed by atoms with E-state index < -0.39 is 0 Å². The van der Waals surface area contributed by atoms with E-state index in [0.29, 0.717) is 0 Å². The van der Waals surface area contributed by atoms with Crippen LogP contribution in [0.4, 0.5) is 0 Å². The van der Waals surface area contributed by atoms with Crippen molar-refractivity contribution in [1.29, 1.82) is 0 Å². The van der Waals surface area contributed by atoms with E-state index in [1.165, 1.54) is 4.90 Å². The average molecular weight is 233 g/mol. The molecule has 0 aliphatic heterocycles. The number of benzene rings is 1. The molecule has 0 aliphatic carbocycles. The molecule has 1 aromatic carbocycles. The summed E-state index contributed by atoms with van der Waals surface area (Å²) in [6.45, 7) is 2.80. The lowest BCUT2D eigenvalue weighted by molar-refractivity contribution is -0.123. The fraction of sp³-hybridized carbons (Fsp3) is 0.357. The van der Waals surface area contributed by atoms with Gasteiger partial charge in [-0.1, -0.05) is 19.1 Å². The fourth-order valence-corrected chi connectivity index (χ4v) is 1.21. The van der Waals surface area contributed by atoms with E-state index in [1.54, 1.807) is 26.2 Å². The van der Waals surface area contributed by atoms with Crippen LogP contribution in [0.15, 0.2) is 30.3 Å². The largest absolute Gasteiger partial charge is 0.494 e. The standard InChI is InChI=1S/C14H19NO2/c1-4-11-17-13-8-5-12(6-9-13)7-10-14(16)15(2)3/h5-10H,4,11H2,1-3H3/b10-7+. The van der Waals surface area contributed by atoms with Crippen molar-refractivity contribution < 1.29 is 9.53 Å². The average Bonchev–Trinajstić information content (AvgIpc) is 2.34.